The molecule has 0 saturated carbocycles. The van der Waals surface area contributed by atoms with Crippen molar-refractivity contribution >= 4 is 23.3 Å². The molecule has 0 aromatic heterocycles. The van der Waals surface area contributed by atoms with Gasteiger partial charge >= 0.3 is 5.97 Å². The van der Waals surface area contributed by atoms with E-state index in [2.05, 4.69) is 10.2 Å². The van der Waals surface area contributed by atoms with Gasteiger partial charge in [0.2, 0.25) is 0 Å². The van der Waals surface area contributed by atoms with Gasteiger partial charge in [0, 0.05) is 18.8 Å². The third kappa shape index (κ3) is 5.71. The SMILES string of the molecule is CCOC(=O)c1cc(NC(=O)COc2ccc(C)cc2)ccc1N1CCOCC1. The molecule has 2 aromatic carbocycles. The van der Waals surface area contributed by atoms with E-state index < -0.39 is 5.97 Å². The van der Waals surface area contributed by atoms with Crippen LogP contribution >= 0.6 is 0 Å². The summed E-state index contributed by atoms with van der Waals surface area (Å²) in [7, 11) is 0. The number of nitrogens with one attached hydrogen (secondary N) is 1. The molecule has 0 atom stereocenters. The minimum atomic E-state index is -0.416. The van der Waals surface area contributed by atoms with Crippen molar-refractivity contribution in [1.29, 1.82) is 0 Å². The highest BCUT2D eigenvalue weighted by Crippen LogP contribution is 2.26. The minimum Gasteiger partial charge on any atom is -0.484 e. The number of rotatable bonds is 7. The highest BCUT2D eigenvalue weighted by molar-refractivity contribution is 5.99. The Morgan fingerprint density at radius 1 is 1.10 bits per heavy atom. The van der Waals surface area contributed by atoms with E-state index in [0.29, 0.717) is 43.3 Å². The lowest BCUT2D eigenvalue weighted by atomic mass is 10.1. The van der Waals surface area contributed by atoms with Crippen LogP contribution in [0.4, 0.5) is 11.4 Å². The van der Waals surface area contributed by atoms with E-state index in [0.717, 1.165) is 11.3 Å². The Morgan fingerprint density at radius 3 is 2.52 bits per heavy atom. The largest absolute Gasteiger partial charge is 0.484 e. The molecule has 1 fully saturated rings. The number of amides is 1. The molecule has 1 aliphatic rings. The molecule has 7 heteroatoms. The molecule has 0 unspecified atom stereocenters. The van der Waals surface area contributed by atoms with Gasteiger partial charge in [-0.25, -0.2) is 4.79 Å². The van der Waals surface area contributed by atoms with Crippen LogP contribution in [0.15, 0.2) is 42.5 Å². The first kappa shape index (κ1) is 20.7. The molecular formula is C22H26N2O5. The van der Waals surface area contributed by atoms with Crippen molar-refractivity contribution in [3.05, 3.63) is 53.6 Å². The average Bonchev–Trinajstić information content (AvgIpc) is 2.74. The van der Waals surface area contributed by atoms with Crippen LogP contribution in [0.1, 0.15) is 22.8 Å². The first-order chi connectivity index (χ1) is 14.1. The number of carbonyl (C=O) groups is 2. The molecule has 154 valence electrons. The van der Waals surface area contributed by atoms with Crippen LogP contribution in [0.25, 0.3) is 0 Å². The fourth-order valence-electron chi connectivity index (χ4n) is 3.05. The van der Waals surface area contributed by atoms with Gasteiger partial charge in [-0.15, -0.1) is 0 Å². The summed E-state index contributed by atoms with van der Waals surface area (Å²) in [4.78, 5) is 26.8. The number of ether oxygens (including phenoxy) is 3. The van der Waals surface area contributed by atoms with E-state index in [1.807, 2.05) is 37.3 Å². The lowest BCUT2D eigenvalue weighted by Gasteiger charge is -2.30. The summed E-state index contributed by atoms with van der Waals surface area (Å²) < 4.78 is 16.1. The van der Waals surface area contributed by atoms with Crippen LogP contribution < -0.4 is 15.0 Å². The summed E-state index contributed by atoms with van der Waals surface area (Å²) in [5.74, 6) is -0.0962. The monoisotopic (exact) mass is 398 g/mol. The number of carbonyl (C=O) groups excluding carboxylic acids is 2. The molecule has 0 aliphatic carbocycles. The number of aryl methyl sites for hydroxylation is 1. The molecule has 29 heavy (non-hydrogen) atoms. The predicted molar refractivity (Wildman–Crippen MR) is 111 cm³/mol. The predicted octanol–water partition coefficient (Wildman–Crippen LogP) is 3.03. The highest BCUT2D eigenvalue weighted by atomic mass is 16.5. The maximum absolute atomic E-state index is 12.5. The van der Waals surface area contributed by atoms with Crippen molar-refractivity contribution in [2.75, 3.05) is 49.7 Å². The zero-order valence-corrected chi connectivity index (χ0v) is 16.8. The molecule has 7 nitrogen and oxygen atoms in total. The number of esters is 1. The molecule has 0 spiro atoms. The topological polar surface area (TPSA) is 77.1 Å². The molecule has 1 amide bonds. The molecule has 1 heterocycles. The second kappa shape index (κ2) is 9.93. The van der Waals surface area contributed by atoms with Gasteiger partial charge in [0.15, 0.2) is 6.61 Å². The van der Waals surface area contributed by atoms with Crippen molar-refractivity contribution in [2.24, 2.45) is 0 Å². The minimum absolute atomic E-state index is 0.122. The number of nitrogens with zero attached hydrogens (tertiary/aromatic N) is 1. The second-order valence-electron chi connectivity index (χ2n) is 6.70. The number of hydrogen-bond donors (Lipinski definition) is 1. The number of hydrogen-bond acceptors (Lipinski definition) is 6. The van der Waals surface area contributed by atoms with Crippen molar-refractivity contribution in [2.45, 2.75) is 13.8 Å². The Morgan fingerprint density at radius 2 is 1.83 bits per heavy atom. The summed E-state index contributed by atoms with van der Waals surface area (Å²) in [6.07, 6.45) is 0. The third-order valence-corrected chi connectivity index (χ3v) is 4.52. The van der Waals surface area contributed by atoms with Gasteiger partial charge in [0.1, 0.15) is 5.75 Å². The van der Waals surface area contributed by atoms with E-state index in [1.165, 1.54) is 0 Å². The molecule has 1 aliphatic heterocycles. The van der Waals surface area contributed by atoms with Gasteiger partial charge in [0.25, 0.3) is 5.91 Å². The molecule has 0 radical (unpaired) electrons. The van der Waals surface area contributed by atoms with Crippen LogP contribution in [-0.2, 0) is 14.3 Å². The highest BCUT2D eigenvalue weighted by Gasteiger charge is 2.20. The van der Waals surface area contributed by atoms with Crippen LogP contribution in [-0.4, -0.2) is 51.4 Å². The summed E-state index contributed by atoms with van der Waals surface area (Å²) in [6.45, 7) is 6.52. The third-order valence-electron chi connectivity index (χ3n) is 4.52. The summed E-state index contributed by atoms with van der Waals surface area (Å²) >= 11 is 0. The summed E-state index contributed by atoms with van der Waals surface area (Å²) in [5.41, 5.74) is 2.84. The van der Waals surface area contributed by atoms with Crippen LogP contribution in [0, 0.1) is 6.92 Å². The zero-order valence-electron chi connectivity index (χ0n) is 16.8. The smallest absolute Gasteiger partial charge is 0.340 e. The van der Waals surface area contributed by atoms with Crippen LogP contribution in [0.2, 0.25) is 0 Å². The second-order valence-corrected chi connectivity index (χ2v) is 6.70. The van der Waals surface area contributed by atoms with E-state index in [1.54, 1.807) is 19.1 Å². The maximum atomic E-state index is 12.5. The standard InChI is InChI=1S/C22H26N2O5/c1-3-28-22(26)19-14-17(6-9-20(19)24-10-12-27-13-11-24)23-21(25)15-29-18-7-4-16(2)5-8-18/h4-9,14H,3,10-13,15H2,1-2H3,(H,23,25). The fourth-order valence-corrected chi connectivity index (χ4v) is 3.05. The van der Waals surface area contributed by atoms with Gasteiger partial charge in [0.05, 0.1) is 31.1 Å². The van der Waals surface area contributed by atoms with Gasteiger partial charge in [-0.3, -0.25) is 4.79 Å². The van der Waals surface area contributed by atoms with E-state index in [-0.39, 0.29) is 19.1 Å². The molecular weight excluding hydrogens is 372 g/mol. The molecule has 1 N–H and O–H groups in total. The van der Waals surface area contributed by atoms with Gasteiger partial charge in [-0.05, 0) is 44.2 Å². The van der Waals surface area contributed by atoms with Crippen LogP contribution in [0.3, 0.4) is 0 Å². The summed E-state index contributed by atoms with van der Waals surface area (Å²) in [6, 6.07) is 12.7. The van der Waals surface area contributed by atoms with E-state index in [4.69, 9.17) is 14.2 Å². The molecule has 3 rings (SSSR count). The first-order valence-corrected chi connectivity index (χ1v) is 9.70. The van der Waals surface area contributed by atoms with Crippen molar-refractivity contribution in [3.63, 3.8) is 0 Å². The van der Waals surface area contributed by atoms with Crippen molar-refractivity contribution in [3.8, 4) is 5.75 Å². The Balaban J connectivity index is 1.69. The van der Waals surface area contributed by atoms with Gasteiger partial charge < -0.3 is 24.4 Å². The number of benzene rings is 2. The fraction of sp³-hybridized carbons (Fsp3) is 0.364. The number of morpholine rings is 1. The molecule has 2 aromatic rings. The average molecular weight is 398 g/mol. The quantitative estimate of drug-likeness (QED) is 0.723. The van der Waals surface area contributed by atoms with Crippen molar-refractivity contribution in [1.82, 2.24) is 0 Å². The lowest BCUT2D eigenvalue weighted by molar-refractivity contribution is -0.118. The summed E-state index contributed by atoms with van der Waals surface area (Å²) in [5, 5.41) is 2.78. The normalized spacial score (nSPS) is 13.7. The van der Waals surface area contributed by atoms with Gasteiger partial charge in [-0.2, -0.15) is 0 Å². The van der Waals surface area contributed by atoms with Gasteiger partial charge in [-0.1, -0.05) is 17.7 Å². The molecule has 0 bridgehead atoms. The first-order valence-electron chi connectivity index (χ1n) is 9.70. The van der Waals surface area contributed by atoms with Crippen LogP contribution in [0.5, 0.6) is 5.75 Å². The Hall–Kier alpha value is -3.06. The Labute approximate surface area is 170 Å². The molecule has 1 saturated heterocycles. The zero-order chi connectivity index (χ0) is 20.6. The Bertz CT molecular complexity index is 845. The van der Waals surface area contributed by atoms with E-state index >= 15 is 0 Å². The maximum Gasteiger partial charge on any atom is 0.340 e. The van der Waals surface area contributed by atoms with E-state index in [9.17, 15) is 9.59 Å². The number of anilines is 2. The Kier molecular flexibility index (Phi) is 7.08. The van der Waals surface area contributed by atoms with Crippen molar-refractivity contribution < 1.29 is 23.8 Å². The lowest BCUT2D eigenvalue weighted by Crippen LogP contribution is -2.37.